The Bertz CT molecular complexity index is 742. The Kier molecular flexibility index (Phi) is 3.76. The summed E-state index contributed by atoms with van der Waals surface area (Å²) in [6.07, 6.45) is 0. The molecule has 1 aromatic heterocycles. The van der Waals surface area contributed by atoms with Crippen LogP contribution >= 0.6 is 0 Å². The number of hydrogen-bond acceptors (Lipinski definition) is 4. The summed E-state index contributed by atoms with van der Waals surface area (Å²) < 4.78 is 10.4. The number of aromatic amines is 1. The number of nitrogens with one attached hydrogen (secondary N) is 1. The molecule has 0 aliphatic heterocycles. The van der Waals surface area contributed by atoms with Gasteiger partial charge in [0.2, 0.25) is 0 Å². The topological polar surface area (TPSA) is 75.1 Å². The van der Waals surface area contributed by atoms with E-state index in [1.165, 1.54) is 0 Å². The van der Waals surface area contributed by atoms with Crippen LogP contribution in [0.3, 0.4) is 0 Å². The molecule has 2 rings (SSSR count). The molecule has 0 atom stereocenters. The first-order valence-electron chi connectivity index (χ1n) is 5.97. The zero-order chi connectivity index (χ0) is 14.7. The van der Waals surface area contributed by atoms with Crippen LogP contribution in [0.15, 0.2) is 29.1 Å². The number of rotatable bonds is 3. The van der Waals surface area contributed by atoms with Crippen LogP contribution in [-0.2, 0) is 0 Å². The van der Waals surface area contributed by atoms with Gasteiger partial charge in [0.1, 0.15) is 11.6 Å². The lowest BCUT2D eigenvalue weighted by molar-refractivity contribution is 0.355. The van der Waals surface area contributed by atoms with Crippen molar-refractivity contribution >= 4 is 0 Å². The lowest BCUT2D eigenvalue weighted by Crippen LogP contribution is -2.12. The van der Waals surface area contributed by atoms with Crippen molar-refractivity contribution in [2.75, 3.05) is 14.2 Å². The molecule has 1 heterocycles. The molecule has 0 bridgehead atoms. The van der Waals surface area contributed by atoms with Gasteiger partial charge in [-0.1, -0.05) is 0 Å². The number of benzene rings is 1. The molecule has 102 valence electrons. The average Bonchev–Trinajstić information content (AvgIpc) is 2.46. The van der Waals surface area contributed by atoms with Gasteiger partial charge < -0.3 is 14.5 Å². The van der Waals surface area contributed by atoms with Crippen LogP contribution in [0.5, 0.6) is 11.5 Å². The summed E-state index contributed by atoms with van der Waals surface area (Å²) in [5, 5.41) is 8.90. The maximum absolute atomic E-state index is 11.8. The molecule has 0 saturated carbocycles. The molecule has 0 unspecified atom stereocenters. The number of methoxy groups -OCH3 is 2. The van der Waals surface area contributed by atoms with Crippen molar-refractivity contribution in [3.8, 4) is 28.8 Å². The van der Waals surface area contributed by atoms with E-state index in [2.05, 4.69) is 4.98 Å². The van der Waals surface area contributed by atoms with E-state index in [4.69, 9.17) is 14.7 Å². The van der Waals surface area contributed by atoms with Gasteiger partial charge in [0.05, 0.1) is 14.2 Å². The molecule has 20 heavy (non-hydrogen) atoms. The quantitative estimate of drug-likeness (QED) is 0.928. The summed E-state index contributed by atoms with van der Waals surface area (Å²) >= 11 is 0. The Morgan fingerprint density at radius 1 is 1.15 bits per heavy atom. The Morgan fingerprint density at radius 2 is 1.85 bits per heavy atom. The Hall–Kier alpha value is -2.74. The largest absolute Gasteiger partial charge is 0.493 e. The highest BCUT2D eigenvalue weighted by Gasteiger charge is 2.10. The summed E-state index contributed by atoms with van der Waals surface area (Å²) in [4.78, 5) is 14.5. The fourth-order valence-electron chi connectivity index (χ4n) is 1.99. The van der Waals surface area contributed by atoms with Gasteiger partial charge in [0, 0.05) is 11.3 Å². The molecule has 2 aromatic rings. The van der Waals surface area contributed by atoms with E-state index >= 15 is 0 Å². The SMILES string of the molecule is COc1ccc(-c2cc(C)c(C#N)c(=O)[nH]2)cc1OC. The number of ether oxygens (including phenoxy) is 2. The minimum atomic E-state index is -0.391. The molecule has 0 fully saturated rings. The van der Waals surface area contributed by atoms with E-state index in [-0.39, 0.29) is 5.56 Å². The third-order valence-electron chi connectivity index (χ3n) is 3.04. The molecular weight excluding hydrogens is 256 g/mol. The van der Waals surface area contributed by atoms with Crippen LogP contribution in [-0.4, -0.2) is 19.2 Å². The number of H-pyrrole nitrogens is 1. The van der Waals surface area contributed by atoms with Gasteiger partial charge in [-0.3, -0.25) is 4.79 Å². The first-order valence-corrected chi connectivity index (χ1v) is 5.97. The molecule has 5 nitrogen and oxygen atoms in total. The number of pyridine rings is 1. The molecule has 0 amide bonds. The predicted octanol–water partition coefficient (Wildman–Crippen LogP) is 2.24. The van der Waals surface area contributed by atoms with Crippen molar-refractivity contribution in [1.29, 1.82) is 5.26 Å². The monoisotopic (exact) mass is 270 g/mol. The van der Waals surface area contributed by atoms with E-state index in [1.807, 2.05) is 12.1 Å². The molecule has 0 spiro atoms. The first-order chi connectivity index (χ1) is 9.60. The van der Waals surface area contributed by atoms with Crippen LogP contribution in [0.2, 0.25) is 0 Å². The first kappa shape index (κ1) is 13.7. The Labute approximate surface area is 116 Å². The number of aromatic nitrogens is 1. The molecular formula is C15H14N2O3. The van der Waals surface area contributed by atoms with Crippen LogP contribution in [0.4, 0.5) is 0 Å². The van der Waals surface area contributed by atoms with Crippen molar-refractivity contribution in [3.05, 3.63) is 45.7 Å². The van der Waals surface area contributed by atoms with Crippen LogP contribution in [0.1, 0.15) is 11.1 Å². The van der Waals surface area contributed by atoms with Crippen molar-refractivity contribution in [3.63, 3.8) is 0 Å². The van der Waals surface area contributed by atoms with Crippen LogP contribution < -0.4 is 15.0 Å². The lowest BCUT2D eigenvalue weighted by atomic mass is 10.1. The highest BCUT2D eigenvalue weighted by atomic mass is 16.5. The van der Waals surface area contributed by atoms with Gasteiger partial charge in [-0.2, -0.15) is 5.26 Å². The van der Waals surface area contributed by atoms with Crippen molar-refractivity contribution in [2.24, 2.45) is 0 Å². The molecule has 0 aliphatic rings. The van der Waals surface area contributed by atoms with E-state index in [0.717, 1.165) is 5.56 Å². The van der Waals surface area contributed by atoms with Crippen molar-refractivity contribution in [2.45, 2.75) is 6.92 Å². The summed E-state index contributed by atoms with van der Waals surface area (Å²) in [6.45, 7) is 1.73. The second kappa shape index (κ2) is 5.49. The van der Waals surface area contributed by atoms with Gasteiger partial charge in [-0.25, -0.2) is 0 Å². The molecule has 0 radical (unpaired) electrons. The van der Waals surface area contributed by atoms with E-state index in [9.17, 15) is 4.79 Å². The zero-order valence-corrected chi connectivity index (χ0v) is 11.5. The average molecular weight is 270 g/mol. The summed E-state index contributed by atoms with van der Waals surface area (Å²) in [5.41, 5.74) is 1.80. The van der Waals surface area contributed by atoms with Crippen LogP contribution in [0.25, 0.3) is 11.3 Å². The minimum Gasteiger partial charge on any atom is -0.493 e. The normalized spacial score (nSPS) is 9.90. The molecule has 0 aliphatic carbocycles. The highest BCUT2D eigenvalue weighted by Crippen LogP contribution is 2.31. The zero-order valence-electron chi connectivity index (χ0n) is 11.5. The van der Waals surface area contributed by atoms with Crippen molar-refractivity contribution < 1.29 is 9.47 Å². The predicted molar refractivity (Wildman–Crippen MR) is 75.1 cm³/mol. The van der Waals surface area contributed by atoms with E-state index in [1.54, 1.807) is 39.3 Å². The maximum Gasteiger partial charge on any atom is 0.266 e. The van der Waals surface area contributed by atoms with E-state index in [0.29, 0.717) is 22.8 Å². The lowest BCUT2D eigenvalue weighted by Gasteiger charge is -2.10. The number of nitrogens with zero attached hydrogens (tertiary/aromatic N) is 1. The molecule has 1 aromatic carbocycles. The van der Waals surface area contributed by atoms with Gasteiger partial charge >= 0.3 is 0 Å². The Balaban J connectivity index is 2.58. The standard InChI is InChI=1S/C15H14N2O3/c1-9-6-12(17-15(18)11(9)8-16)10-4-5-13(19-2)14(7-10)20-3/h4-7H,1-3H3,(H,17,18). The van der Waals surface area contributed by atoms with Crippen LogP contribution in [0, 0.1) is 18.3 Å². The molecule has 5 heteroatoms. The summed E-state index contributed by atoms with van der Waals surface area (Å²) in [5.74, 6) is 1.19. The minimum absolute atomic E-state index is 0.134. The second-order valence-corrected chi connectivity index (χ2v) is 4.25. The molecule has 0 saturated heterocycles. The second-order valence-electron chi connectivity index (χ2n) is 4.25. The number of nitriles is 1. The summed E-state index contributed by atoms with van der Waals surface area (Å²) in [7, 11) is 3.11. The number of aryl methyl sites for hydroxylation is 1. The maximum atomic E-state index is 11.8. The summed E-state index contributed by atoms with van der Waals surface area (Å²) in [6, 6.07) is 9.01. The number of hydrogen-bond donors (Lipinski definition) is 1. The van der Waals surface area contributed by atoms with Gasteiger partial charge in [-0.15, -0.1) is 0 Å². The van der Waals surface area contributed by atoms with Crippen molar-refractivity contribution in [1.82, 2.24) is 4.98 Å². The third-order valence-corrected chi connectivity index (χ3v) is 3.04. The van der Waals surface area contributed by atoms with Gasteiger partial charge in [0.25, 0.3) is 5.56 Å². The fourth-order valence-corrected chi connectivity index (χ4v) is 1.99. The van der Waals surface area contributed by atoms with Gasteiger partial charge in [-0.05, 0) is 36.8 Å². The van der Waals surface area contributed by atoms with Gasteiger partial charge in [0.15, 0.2) is 11.5 Å². The molecule has 1 N–H and O–H groups in total. The third kappa shape index (κ3) is 2.36. The highest BCUT2D eigenvalue weighted by molar-refractivity contribution is 5.65. The Morgan fingerprint density at radius 3 is 2.40 bits per heavy atom. The van der Waals surface area contributed by atoms with E-state index < -0.39 is 5.56 Å². The fraction of sp³-hybridized carbons (Fsp3) is 0.200. The smallest absolute Gasteiger partial charge is 0.266 e.